The first-order valence-electron chi connectivity index (χ1n) is 9.51. The van der Waals surface area contributed by atoms with Crippen molar-refractivity contribution in [2.45, 2.75) is 39.0 Å². The molecule has 2 aliphatic rings. The molecule has 4 heterocycles. The van der Waals surface area contributed by atoms with E-state index in [1.807, 2.05) is 9.80 Å². The van der Waals surface area contributed by atoms with Crippen molar-refractivity contribution in [2.75, 3.05) is 26.2 Å². The second-order valence-electron chi connectivity index (χ2n) is 7.73. The number of nitrogens with zero attached hydrogens (tertiary/aromatic N) is 4. The maximum Gasteiger partial charge on any atom is 0.276 e. The van der Waals surface area contributed by atoms with E-state index in [4.69, 9.17) is 4.42 Å². The van der Waals surface area contributed by atoms with Gasteiger partial charge in [-0.15, -0.1) is 0 Å². The number of nitrogens with one attached hydrogen (secondary N) is 1. The summed E-state index contributed by atoms with van der Waals surface area (Å²) < 4.78 is 5.19. The van der Waals surface area contributed by atoms with Crippen LogP contribution in [0.1, 0.15) is 47.6 Å². The lowest BCUT2D eigenvalue weighted by Crippen LogP contribution is -2.55. The highest BCUT2D eigenvalue weighted by Gasteiger charge is 2.43. The van der Waals surface area contributed by atoms with Crippen LogP contribution in [0, 0.1) is 12.3 Å². The molecule has 1 N–H and O–H groups in total. The predicted octanol–water partition coefficient (Wildman–Crippen LogP) is 1.79. The summed E-state index contributed by atoms with van der Waals surface area (Å²) in [4.78, 5) is 40.3. The van der Waals surface area contributed by atoms with Gasteiger partial charge in [-0.25, -0.2) is 9.97 Å². The molecule has 2 aromatic rings. The fourth-order valence-electron chi connectivity index (χ4n) is 4.36. The lowest BCUT2D eigenvalue weighted by Gasteiger charge is -2.48. The predicted molar refractivity (Wildman–Crippen MR) is 96.9 cm³/mol. The third-order valence-electron chi connectivity index (χ3n) is 5.85. The van der Waals surface area contributed by atoms with E-state index in [9.17, 15) is 9.59 Å². The molecule has 27 heavy (non-hydrogen) atoms. The van der Waals surface area contributed by atoms with Gasteiger partial charge in [0.25, 0.3) is 5.91 Å². The Morgan fingerprint density at radius 1 is 1.37 bits per heavy atom. The molecule has 2 saturated heterocycles. The number of likely N-dealkylation sites (tertiary alicyclic amines) is 2. The highest BCUT2D eigenvalue weighted by Crippen LogP contribution is 2.39. The number of amides is 2. The average Bonchev–Trinajstić information content (AvgIpc) is 3.34. The fourth-order valence-corrected chi connectivity index (χ4v) is 4.36. The van der Waals surface area contributed by atoms with Crippen molar-refractivity contribution in [3.8, 4) is 0 Å². The van der Waals surface area contributed by atoms with Crippen LogP contribution in [-0.2, 0) is 11.2 Å². The molecular formula is C19H25N5O3. The number of carbonyl (C=O) groups is 2. The van der Waals surface area contributed by atoms with Gasteiger partial charge in [-0.1, -0.05) is 0 Å². The van der Waals surface area contributed by atoms with Crippen LogP contribution in [0.3, 0.4) is 0 Å². The molecule has 2 amide bonds. The SMILES string of the molecule is Cc1ocnc1C(=O)N1CCC[C@]2(CCC(=O)N(CCc3cnc[nH]3)C2)C1. The van der Waals surface area contributed by atoms with Crippen LogP contribution in [0.2, 0.25) is 0 Å². The van der Waals surface area contributed by atoms with Crippen LogP contribution in [-0.4, -0.2) is 62.7 Å². The van der Waals surface area contributed by atoms with E-state index in [2.05, 4.69) is 15.0 Å². The zero-order valence-corrected chi connectivity index (χ0v) is 15.6. The zero-order valence-electron chi connectivity index (χ0n) is 15.6. The number of piperidine rings is 2. The Bertz CT molecular complexity index is 815. The number of H-pyrrole nitrogens is 1. The Hall–Kier alpha value is -2.64. The highest BCUT2D eigenvalue weighted by molar-refractivity contribution is 5.93. The Balaban J connectivity index is 1.44. The summed E-state index contributed by atoms with van der Waals surface area (Å²) in [7, 11) is 0. The maximum atomic E-state index is 12.8. The first-order chi connectivity index (χ1) is 13.1. The summed E-state index contributed by atoms with van der Waals surface area (Å²) in [5, 5.41) is 0. The van der Waals surface area contributed by atoms with Crippen LogP contribution >= 0.6 is 0 Å². The molecule has 0 aliphatic carbocycles. The minimum atomic E-state index is -0.0683. The normalized spacial score (nSPS) is 23.2. The van der Waals surface area contributed by atoms with Gasteiger partial charge in [-0.05, 0) is 26.2 Å². The molecule has 2 fully saturated rings. The van der Waals surface area contributed by atoms with Crippen molar-refractivity contribution in [1.82, 2.24) is 24.8 Å². The topological polar surface area (TPSA) is 95.3 Å². The summed E-state index contributed by atoms with van der Waals surface area (Å²) >= 11 is 0. The summed E-state index contributed by atoms with van der Waals surface area (Å²) in [6.45, 7) is 4.55. The Labute approximate surface area is 158 Å². The van der Waals surface area contributed by atoms with E-state index in [-0.39, 0.29) is 17.2 Å². The summed E-state index contributed by atoms with van der Waals surface area (Å²) in [6, 6.07) is 0. The van der Waals surface area contributed by atoms with Crippen molar-refractivity contribution < 1.29 is 14.0 Å². The van der Waals surface area contributed by atoms with Crippen LogP contribution < -0.4 is 0 Å². The number of aromatic amines is 1. The van der Waals surface area contributed by atoms with E-state index < -0.39 is 0 Å². The van der Waals surface area contributed by atoms with E-state index in [1.54, 1.807) is 19.4 Å². The summed E-state index contributed by atoms with van der Waals surface area (Å²) in [5.41, 5.74) is 1.41. The second kappa shape index (κ2) is 7.17. The van der Waals surface area contributed by atoms with Gasteiger partial charge >= 0.3 is 0 Å². The van der Waals surface area contributed by atoms with Gasteiger partial charge in [0.2, 0.25) is 5.91 Å². The number of carbonyl (C=O) groups excluding carboxylic acids is 2. The molecule has 2 aromatic heterocycles. The molecule has 4 rings (SSSR count). The minimum absolute atomic E-state index is 0.0204. The number of hydrogen-bond donors (Lipinski definition) is 1. The number of rotatable bonds is 4. The first kappa shape index (κ1) is 17.8. The summed E-state index contributed by atoms with van der Waals surface area (Å²) in [6.07, 6.45) is 8.92. The molecule has 8 nitrogen and oxygen atoms in total. The molecule has 0 aromatic carbocycles. The van der Waals surface area contributed by atoms with E-state index in [1.165, 1.54) is 6.39 Å². The monoisotopic (exact) mass is 371 g/mol. The largest absolute Gasteiger partial charge is 0.448 e. The lowest BCUT2D eigenvalue weighted by atomic mass is 9.73. The minimum Gasteiger partial charge on any atom is -0.448 e. The van der Waals surface area contributed by atoms with Gasteiger partial charge in [0, 0.05) is 56.3 Å². The molecule has 8 heteroatoms. The molecule has 1 atom stereocenters. The van der Waals surface area contributed by atoms with E-state index in [0.717, 1.165) is 37.9 Å². The van der Waals surface area contributed by atoms with Crippen LogP contribution in [0.15, 0.2) is 23.3 Å². The lowest BCUT2D eigenvalue weighted by molar-refractivity contribution is -0.138. The number of hydrogen-bond acceptors (Lipinski definition) is 5. The van der Waals surface area contributed by atoms with Crippen molar-refractivity contribution in [1.29, 1.82) is 0 Å². The standard InChI is InChI=1S/C19H25N5O3/c1-14-17(22-13-27-14)18(26)24-7-2-5-19(11-24)6-3-16(25)23(10-19)8-4-15-9-20-12-21-15/h9,12-13H,2-8,10-11H2,1H3,(H,20,21)/t19-/m1/s1. The van der Waals surface area contributed by atoms with Crippen molar-refractivity contribution >= 4 is 11.8 Å². The number of oxazole rings is 1. The first-order valence-corrected chi connectivity index (χ1v) is 9.51. The second-order valence-corrected chi connectivity index (χ2v) is 7.73. The average molecular weight is 371 g/mol. The maximum absolute atomic E-state index is 12.8. The fraction of sp³-hybridized carbons (Fsp3) is 0.579. The Kier molecular flexibility index (Phi) is 4.72. The number of imidazole rings is 1. The van der Waals surface area contributed by atoms with Crippen LogP contribution in [0.25, 0.3) is 0 Å². The van der Waals surface area contributed by atoms with Crippen LogP contribution in [0.5, 0.6) is 0 Å². The van der Waals surface area contributed by atoms with Crippen molar-refractivity contribution in [3.63, 3.8) is 0 Å². The van der Waals surface area contributed by atoms with Gasteiger partial charge < -0.3 is 19.2 Å². The molecule has 0 unspecified atom stereocenters. The highest BCUT2D eigenvalue weighted by atomic mass is 16.3. The third kappa shape index (κ3) is 3.61. The van der Waals surface area contributed by atoms with Gasteiger partial charge in [0.1, 0.15) is 5.76 Å². The Morgan fingerprint density at radius 3 is 3.00 bits per heavy atom. The molecule has 2 aliphatic heterocycles. The van der Waals surface area contributed by atoms with Gasteiger partial charge in [-0.2, -0.15) is 0 Å². The molecule has 0 bridgehead atoms. The molecular weight excluding hydrogens is 346 g/mol. The quantitative estimate of drug-likeness (QED) is 0.884. The molecule has 144 valence electrons. The third-order valence-corrected chi connectivity index (χ3v) is 5.85. The zero-order chi connectivity index (χ0) is 18.9. The molecule has 1 spiro atoms. The van der Waals surface area contributed by atoms with E-state index >= 15 is 0 Å². The van der Waals surface area contributed by atoms with Gasteiger partial charge in [0.15, 0.2) is 12.1 Å². The summed E-state index contributed by atoms with van der Waals surface area (Å²) in [5.74, 6) is 0.691. The van der Waals surface area contributed by atoms with Crippen molar-refractivity contribution in [3.05, 3.63) is 36.1 Å². The molecule has 0 radical (unpaired) electrons. The van der Waals surface area contributed by atoms with Gasteiger partial charge in [0.05, 0.1) is 6.33 Å². The van der Waals surface area contributed by atoms with Crippen LogP contribution in [0.4, 0.5) is 0 Å². The number of aromatic nitrogens is 3. The van der Waals surface area contributed by atoms with E-state index in [0.29, 0.717) is 37.5 Å². The Morgan fingerprint density at radius 2 is 2.26 bits per heavy atom. The molecule has 0 saturated carbocycles. The van der Waals surface area contributed by atoms with Crippen molar-refractivity contribution in [2.24, 2.45) is 5.41 Å². The number of aryl methyl sites for hydroxylation is 1. The van der Waals surface area contributed by atoms with Gasteiger partial charge in [-0.3, -0.25) is 9.59 Å². The smallest absolute Gasteiger partial charge is 0.276 e.